The van der Waals surface area contributed by atoms with E-state index in [0.717, 1.165) is 5.56 Å². The predicted molar refractivity (Wildman–Crippen MR) is 73.2 cm³/mol. The van der Waals surface area contributed by atoms with Crippen LogP contribution >= 0.6 is 0 Å². The molecule has 7 heteroatoms. The lowest BCUT2D eigenvalue weighted by Crippen LogP contribution is -2.24. The van der Waals surface area contributed by atoms with Gasteiger partial charge in [-0.3, -0.25) is 15.0 Å². The van der Waals surface area contributed by atoms with Gasteiger partial charge in [0.2, 0.25) is 0 Å². The van der Waals surface area contributed by atoms with Gasteiger partial charge in [-0.05, 0) is 23.8 Å². The Labute approximate surface area is 121 Å². The molecule has 1 aliphatic heterocycles. The highest BCUT2D eigenvalue weighted by molar-refractivity contribution is 6.13. The SMILES string of the molecule is COC(=O)COc1ccc(/C=C2\C(=O)NC(=O)N2C)cc1. The Morgan fingerprint density at radius 3 is 2.48 bits per heavy atom. The van der Waals surface area contributed by atoms with E-state index < -0.39 is 17.9 Å². The maximum absolute atomic E-state index is 11.6. The van der Waals surface area contributed by atoms with E-state index >= 15 is 0 Å². The Morgan fingerprint density at radius 2 is 1.95 bits per heavy atom. The van der Waals surface area contributed by atoms with Gasteiger partial charge in [0.25, 0.3) is 5.91 Å². The highest BCUT2D eigenvalue weighted by Gasteiger charge is 2.29. The number of esters is 1. The highest BCUT2D eigenvalue weighted by atomic mass is 16.6. The van der Waals surface area contributed by atoms with Gasteiger partial charge in [0, 0.05) is 7.05 Å². The lowest BCUT2D eigenvalue weighted by Gasteiger charge is -2.07. The van der Waals surface area contributed by atoms with Crippen molar-refractivity contribution < 1.29 is 23.9 Å². The number of nitrogens with zero attached hydrogens (tertiary/aromatic N) is 1. The number of hydrogen-bond acceptors (Lipinski definition) is 5. The number of rotatable bonds is 4. The number of carbonyl (C=O) groups is 3. The fraction of sp³-hybridized carbons (Fsp3) is 0.214. The van der Waals surface area contributed by atoms with Crippen molar-refractivity contribution in [2.45, 2.75) is 0 Å². The third kappa shape index (κ3) is 3.38. The van der Waals surface area contributed by atoms with Gasteiger partial charge in [0.05, 0.1) is 7.11 Å². The minimum Gasteiger partial charge on any atom is -0.482 e. The van der Waals surface area contributed by atoms with Crippen molar-refractivity contribution in [3.05, 3.63) is 35.5 Å². The van der Waals surface area contributed by atoms with Crippen molar-refractivity contribution in [2.75, 3.05) is 20.8 Å². The number of amides is 3. The number of imide groups is 1. The number of urea groups is 1. The summed E-state index contributed by atoms with van der Waals surface area (Å²) >= 11 is 0. The average molecular weight is 290 g/mol. The summed E-state index contributed by atoms with van der Waals surface area (Å²) in [5, 5.41) is 2.19. The molecular weight excluding hydrogens is 276 g/mol. The predicted octanol–water partition coefficient (Wildman–Crippen LogP) is 0.761. The van der Waals surface area contributed by atoms with Crippen LogP contribution in [0.15, 0.2) is 30.0 Å². The molecule has 1 saturated heterocycles. The average Bonchev–Trinajstić information content (AvgIpc) is 2.72. The summed E-state index contributed by atoms with van der Waals surface area (Å²) in [5.74, 6) is -0.402. The maximum atomic E-state index is 11.6. The zero-order chi connectivity index (χ0) is 15.4. The summed E-state index contributed by atoms with van der Waals surface area (Å²) in [6, 6.07) is 6.28. The van der Waals surface area contributed by atoms with Gasteiger partial charge in [-0.25, -0.2) is 9.59 Å². The molecule has 1 heterocycles. The summed E-state index contributed by atoms with van der Waals surface area (Å²) in [6.45, 7) is -0.170. The van der Waals surface area contributed by atoms with Gasteiger partial charge in [-0.1, -0.05) is 12.1 Å². The van der Waals surface area contributed by atoms with Crippen LogP contribution in [-0.4, -0.2) is 43.6 Å². The molecule has 0 unspecified atom stereocenters. The first-order chi connectivity index (χ1) is 10.0. The number of carbonyl (C=O) groups excluding carboxylic acids is 3. The number of methoxy groups -OCH3 is 1. The lowest BCUT2D eigenvalue weighted by molar-refractivity contribution is -0.142. The molecule has 2 rings (SSSR count). The molecule has 3 amide bonds. The maximum Gasteiger partial charge on any atom is 0.343 e. The topological polar surface area (TPSA) is 84.9 Å². The Balaban J connectivity index is 2.07. The molecule has 0 saturated carbocycles. The van der Waals surface area contributed by atoms with E-state index in [1.54, 1.807) is 30.3 Å². The molecule has 0 aliphatic carbocycles. The first-order valence-electron chi connectivity index (χ1n) is 6.11. The summed E-state index contributed by atoms with van der Waals surface area (Å²) < 4.78 is 9.67. The number of nitrogens with one attached hydrogen (secondary N) is 1. The fourth-order valence-corrected chi connectivity index (χ4v) is 1.69. The summed E-state index contributed by atoms with van der Waals surface area (Å²) in [4.78, 5) is 35.1. The van der Waals surface area contributed by atoms with Crippen LogP contribution in [0.25, 0.3) is 6.08 Å². The van der Waals surface area contributed by atoms with E-state index in [-0.39, 0.29) is 12.3 Å². The molecule has 0 radical (unpaired) electrons. The van der Waals surface area contributed by atoms with E-state index in [1.165, 1.54) is 19.1 Å². The van der Waals surface area contributed by atoms with Crippen LogP contribution in [0.1, 0.15) is 5.56 Å². The van der Waals surface area contributed by atoms with Gasteiger partial charge in [0.15, 0.2) is 6.61 Å². The third-order valence-corrected chi connectivity index (χ3v) is 2.89. The van der Waals surface area contributed by atoms with Crippen molar-refractivity contribution in [2.24, 2.45) is 0 Å². The van der Waals surface area contributed by atoms with E-state index in [9.17, 15) is 14.4 Å². The van der Waals surface area contributed by atoms with Crippen LogP contribution in [0.3, 0.4) is 0 Å². The molecule has 1 fully saturated rings. The van der Waals surface area contributed by atoms with Gasteiger partial charge >= 0.3 is 12.0 Å². The quantitative estimate of drug-likeness (QED) is 0.503. The van der Waals surface area contributed by atoms with Crippen molar-refractivity contribution in [3.8, 4) is 5.75 Å². The van der Waals surface area contributed by atoms with E-state index in [1.807, 2.05) is 0 Å². The lowest BCUT2D eigenvalue weighted by atomic mass is 10.2. The van der Waals surface area contributed by atoms with Crippen LogP contribution in [-0.2, 0) is 14.3 Å². The molecule has 0 aromatic heterocycles. The Bertz CT molecular complexity index is 606. The number of ether oxygens (including phenoxy) is 2. The van der Waals surface area contributed by atoms with Gasteiger partial charge in [-0.2, -0.15) is 0 Å². The molecular formula is C14H14N2O5. The third-order valence-electron chi connectivity index (χ3n) is 2.89. The molecule has 0 spiro atoms. The standard InChI is InChI=1S/C14H14N2O5/c1-16-11(13(18)15-14(16)19)7-9-3-5-10(6-4-9)21-8-12(17)20-2/h3-7H,8H2,1-2H3,(H,15,18,19)/b11-7+. The Morgan fingerprint density at radius 1 is 1.29 bits per heavy atom. The van der Waals surface area contributed by atoms with Crippen molar-refractivity contribution in [1.82, 2.24) is 10.2 Å². The number of likely N-dealkylation sites (N-methyl/N-ethyl adjacent to an activating group) is 1. The molecule has 7 nitrogen and oxygen atoms in total. The minimum atomic E-state index is -0.469. The second kappa shape index (κ2) is 6.08. The van der Waals surface area contributed by atoms with Crippen LogP contribution in [0.4, 0.5) is 4.79 Å². The monoisotopic (exact) mass is 290 g/mol. The molecule has 0 bridgehead atoms. The molecule has 1 aliphatic rings. The summed E-state index contributed by atoms with van der Waals surface area (Å²) in [7, 11) is 2.80. The molecule has 0 atom stereocenters. The minimum absolute atomic E-state index is 0.170. The number of hydrogen-bond donors (Lipinski definition) is 1. The summed E-state index contributed by atoms with van der Waals surface area (Å²) in [6.07, 6.45) is 1.59. The number of benzene rings is 1. The van der Waals surface area contributed by atoms with Crippen LogP contribution < -0.4 is 10.1 Å². The molecule has 21 heavy (non-hydrogen) atoms. The largest absolute Gasteiger partial charge is 0.482 e. The second-order valence-corrected chi connectivity index (χ2v) is 4.28. The van der Waals surface area contributed by atoms with Gasteiger partial charge in [-0.15, -0.1) is 0 Å². The van der Waals surface area contributed by atoms with E-state index in [2.05, 4.69) is 10.1 Å². The first-order valence-corrected chi connectivity index (χ1v) is 6.11. The smallest absolute Gasteiger partial charge is 0.343 e. The zero-order valence-electron chi connectivity index (χ0n) is 11.6. The van der Waals surface area contributed by atoms with Crippen molar-refractivity contribution >= 4 is 24.0 Å². The Hall–Kier alpha value is -2.83. The molecule has 1 aromatic carbocycles. The highest BCUT2D eigenvalue weighted by Crippen LogP contribution is 2.18. The van der Waals surface area contributed by atoms with Crippen molar-refractivity contribution in [1.29, 1.82) is 0 Å². The normalized spacial score (nSPS) is 16.1. The molecule has 110 valence electrons. The van der Waals surface area contributed by atoms with Crippen molar-refractivity contribution in [3.63, 3.8) is 0 Å². The van der Waals surface area contributed by atoms with E-state index in [0.29, 0.717) is 5.75 Å². The van der Waals surface area contributed by atoms with Gasteiger partial charge < -0.3 is 9.47 Å². The van der Waals surface area contributed by atoms with Crippen LogP contribution in [0, 0.1) is 0 Å². The first kappa shape index (κ1) is 14.6. The van der Waals surface area contributed by atoms with Gasteiger partial charge in [0.1, 0.15) is 11.4 Å². The van der Waals surface area contributed by atoms with E-state index in [4.69, 9.17) is 4.74 Å². The molecule has 1 aromatic rings. The zero-order valence-corrected chi connectivity index (χ0v) is 11.6. The summed E-state index contributed by atoms with van der Waals surface area (Å²) in [5.41, 5.74) is 0.996. The fourth-order valence-electron chi connectivity index (χ4n) is 1.69. The Kier molecular flexibility index (Phi) is 4.22. The molecule has 1 N–H and O–H groups in total. The second-order valence-electron chi connectivity index (χ2n) is 4.28. The van der Waals surface area contributed by atoms with Crippen LogP contribution in [0.5, 0.6) is 5.75 Å². The van der Waals surface area contributed by atoms with Crippen LogP contribution in [0.2, 0.25) is 0 Å².